The molecule has 0 atom stereocenters. The lowest BCUT2D eigenvalue weighted by molar-refractivity contribution is 0.677. The van der Waals surface area contributed by atoms with Crippen LogP contribution in [0.3, 0.4) is 0 Å². The molecule has 14 aromatic carbocycles. The standard InChI is InChI=1S/C96H46N6O/c97-39-43-33-67-83(87-71(43)75-47-17-1-9-25-55(47)79(87)56-26-10-2-18-48(56)75)65-37-63-64-38-66-84-68(34-44(40-98)72-76-49-19-3-11-27-57(49)80(88(72)84)58-28-12-4-20-50(58)76)102-70-36-46(42-100)74-78-53-23-7-15-31-61(53)82(62-32-16-8-24-54(62)78)90(74)86(70)92(94(66)102)96(64)103-95(63)91-85-69(101(67)93(65)91)35-45(41-99)73-77-51-21-5-13-29-59(51)81(89(73)85)60-30-14-6-22-52(60)77/h1-38,75-82H. The molecule has 5 aromatic heterocycles. The van der Waals surface area contributed by atoms with Gasteiger partial charge in [0.15, 0.2) is 0 Å². The molecule has 466 valence electrons. The average Bonchev–Trinajstić information content (AvgIpc) is 1.51. The molecule has 5 heterocycles. The fourth-order valence-electron chi connectivity index (χ4n) is 23.6. The fraction of sp³-hybridized carbons (Fsp3) is 0.0833. The summed E-state index contributed by atoms with van der Waals surface area (Å²) < 4.78 is 13.2. The SMILES string of the molecule is N#Cc1cc2c(c3c1C1c4ccccc4C3c3ccccc31)c1cc3c4cc5c6c7c(c(C#N)cc6n6c8cc(C#N)c9c(c8c(c4oc3c3c4c8c(c(C#N)cc4n2c13)C1c2ccccc2C8c2ccccc21)c56)C1c2ccccc2C9c2ccccc21)C1c2ccccc2C7c2ccccc21. The smallest absolute Gasteiger partial charge is 0.145 e. The van der Waals surface area contributed by atoms with Crippen LogP contribution in [0.4, 0.5) is 0 Å². The number of benzene rings is 14. The van der Waals surface area contributed by atoms with Crippen LogP contribution >= 0.6 is 0 Å². The van der Waals surface area contributed by atoms with Gasteiger partial charge in [0.1, 0.15) is 11.2 Å². The number of furan rings is 1. The van der Waals surface area contributed by atoms with Crippen LogP contribution in [0.5, 0.6) is 0 Å². The average molecular weight is 1300 g/mol. The largest absolute Gasteiger partial charge is 0.455 e. The highest BCUT2D eigenvalue weighted by Crippen LogP contribution is 2.67. The minimum absolute atomic E-state index is 0.163. The van der Waals surface area contributed by atoms with Gasteiger partial charge in [-0.05, 0) is 170 Å². The Hall–Kier alpha value is -13.6. The summed E-state index contributed by atoms with van der Waals surface area (Å²) >= 11 is 0. The Labute approximate surface area is 586 Å². The molecule has 0 radical (unpaired) electrons. The Morgan fingerprint density at radius 2 is 0.417 bits per heavy atom. The topological polar surface area (TPSA) is 117 Å². The first-order chi connectivity index (χ1) is 51.0. The van der Waals surface area contributed by atoms with E-state index in [9.17, 15) is 21.0 Å². The zero-order chi connectivity index (χ0) is 66.7. The first-order valence-corrected chi connectivity index (χ1v) is 35.9. The normalized spacial score (nSPS) is 20.0. The number of aromatic nitrogens is 2. The first kappa shape index (κ1) is 52.5. The van der Waals surface area contributed by atoms with Crippen molar-refractivity contribution in [1.82, 2.24) is 8.80 Å². The van der Waals surface area contributed by atoms with Gasteiger partial charge in [0.2, 0.25) is 0 Å². The van der Waals surface area contributed by atoms with E-state index in [1.807, 2.05) is 0 Å². The van der Waals surface area contributed by atoms with E-state index in [1.54, 1.807) is 0 Å². The molecule has 12 aliphatic rings. The summed E-state index contributed by atoms with van der Waals surface area (Å²) in [4.78, 5) is 0. The molecule has 0 N–H and O–H groups in total. The van der Waals surface area contributed by atoms with Gasteiger partial charge in [-0.3, -0.25) is 0 Å². The fourth-order valence-corrected chi connectivity index (χ4v) is 23.6. The maximum absolute atomic E-state index is 11.9. The van der Waals surface area contributed by atoms with E-state index in [2.05, 4.69) is 264 Å². The van der Waals surface area contributed by atoms with Crippen LogP contribution in [0.15, 0.2) is 235 Å². The van der Waals surface area contributed by atoms with Crippen molar-refractivity contribution in [3.05, 3.63) is 386 Å². The van der Waals surface area contributed by atoms with Crippen LogP contribution in [-0.4, -0.2) is 8.80 Å². The number of nitrogens with zero attached hydrogens (tertiary/aromatic N) is 6. The zero-order valence-corrected chi connectivity index (χ0v) is 54.6. The van der Waals surface area contributed by atoms with Crippen LogP contribution in [0, 0.1) is 45.3 Å². The summed E-state index contributed by atoms with van der Waals surface area (Å²) in [5.74, 6) is -1.46. The van der Waals surface area contributed by atoms with Crippen molar-refractivity contribution in [3.8, 4) is 24.3 Å². The lowest BCUT2D eigenvalue weighted by Gasteiger charge is -2.43. The molecular weight excluding hydrogens is 1250 g/mol. The summed E-state index contributed by atoms with van der Waals surface area (Å²) in [6, 6.07) is 96.2. The third-order valence-electron chi connectivity index (χ3n) is 26.7. The first-order valence-electron chi connectivity index (χ1n) is 35.9. The van der Waals surface area contributed by atoms with Gasteiger partial charge < -0.3 is 13.2 Å². The molecule has 0 saturated carbocycles. The summed E-state index contributed by atoms with van der Waals surface area (Å²) in [5.41, 5.74) is 38.8. The lowest BCUT2D eigenvalue weighted by atomic mass is 9.59. The Morgan fingerprint density at radius 1 is 0.223 bits per heavy atom. The second-order valence-electron chi connectivity index (χ2n) is 30.3. The number of hydrogen-bond acceptors (Lipinski definition) is 5. The monoisotopic (exact) mass is 1300 g/mol. The van der Waals surface area contributed by atoms with Crippen molar-refractivity contribution in [1.29, 1.82) is 21.0 Å². The van der Waals surface area contributed by atoms with E-state index in [0.717, 1.165) is 132 Å². The predicted molar refractivity (Wildman–Crippen MR) is 401 cm³/mol. The van der Waals surface area contributed by atoms with Gasteiger partial charge in [-0.1, -0.05) is 194 Å². The minimum Gasteiger partial charge on any atom is -0.455 e. The van der Waals surface area contributed by atoms with Gasteiger partial charge >= 0.3 is 0 Å². The third kappa shape index (κ3) is 5.51. The zero-order valence-electron chi connectivity index (χ0n) is 54.6. The van der Waals surface area contributed by atoms with Crippen molar-refractivity contribution in [2.45, 2.75) is 47.3 Å². The second kappa shape index (κ2) is 17.3. The van der Waals surface area contributed by atoms with E-state index in [-0.39, 0.29) is 47.3 Å². The van der Waals surface area contributed by atoms with Gasteiger partial charge in [-0.2, -0.15) is 21.0 Å². The molecule has 103 heavy (non-hydrogen) atoms. The highest BCUT2D eigenvalue weighted by atomic mass is 16.3. The molecule has 7 nitrogen and oxygen atoms in total. The van der Waals surface area contributed by atoms with Crippen LogP contribution in [-0.2, 0) is 0 Å². The molecule has 0 aliphatic heterocycles. The molecule has 0 unspecified atom stereocenters. The Kier molecular flexibility index (Phi) is 8.84. The van der Waals surface area contributed by atoms with Gasteiger partial charge in [0.25, 0.3) is 0 Å². The molecule has 8 bridgehead atoms. The Balaban J connectivity index is 0.892. The Morgan fingerprint density at radius 3 is 0.631 bits per heavy atom. The van der Waals surface area contributed by atoms with Crippen molar-refractivity contribution in [2.24, 2.45) is 0 Å². The molecular formula is C96H46N6O. The highest BCUT2D eigenvalue weighted by Gasteiger charge is 2.51. The summed E-state index contributed by atoms with van der Waals surface area (Å²) in [6.45, 7) is 0. The van der Waals surface area contributed by atoms with Crippen LogP contribution in [0.2, 0.25) is 0 Å². The number of rotatable bonds is 0. The lowest BCUT2D eigenvalue weighted by Crippen LogP contribution is -2.28. The van der Waals surface area contributed by atoms with Crippen LogP contribution < -0.4 is 0 Å². The Bertz CT molecular complexity index is 7050. The minimum atomic E-state index is -0.207. The van der Waals surface area contributed by atoms with E-state index < -0.39 is 0 Å². The van der Waals surface area contributed by atoms with E-state index in [4.69, 9.17) is 4.42 Å². The molecule has 0 spiro atoms. The van der Waals surface area contributed by atoms with Crippen molar-refractivity contribution in [2.75, 3.05) is 0 Å². The van der Waals surface area contributed by atoms with Crippen LogP contribution in [0.1, 0.15) is 203 Å². The van der Waals surface area contributed by atoms with E-state index in [1.165, 1.54) is 100 Å². The maximum atomic E-state index is 11.9. The van der Waals surface area contributed by atoms with E-state index >= 15 is 0 Å². The number of fused-ring (bicyclic) bond motifs is 17. The van der Waals surface area contributed by atoms with Gasteiger partial charge in [-0.15, -0.1) is 0 Å². The molecule has 0 amide bonds. The van der Waals surface area contributed by atoms with E-state index in [0.29, 0.717) is 22.3 Å². The third-order valence-corrected chi connectivity index (χ3v) is 26.7. The van der Waals surface area contributed by atoms with Crippen molar-refractivity contribution < 1.29 is 4.42 Å². The maximum Gasteiger partial charge on any atom is 0.145 e. The van der Waals surface area contributed by atoms with Crippen LogP contribution in [0.25, 0.3) is 98.1 Å². The molecule has 7 heteroatoms. The predicted octanol–water partition coefficient (Wildman–Crippen LogP) is 21.3. The molecule has 19 aromatic rings. The molecule has 12 aliphatic carbocycles. The van der Waals surface area contributed by atoms with Gasteiger partial charge in [0, 0.05) is 90.4 Å². The summed E-state index contributed by atoms with van der Waals surface area (Å²) in [6.07, 6.45) is 0. The van der Waals surface area contributed by atoms with Gasteiger partial charge in [-0.25, -0.2) is 0 Å². The highest BCUT2D eigenvalue weighted by molar-refractivity contribution is 6.39. The second-order valence-corrected chi connectivity index (χ2v) is 30.3. The number of nitriles is 4. The molecule has 0 saturated heterocycles. The molecule has 31 rings (SSSR count). The summed E-state index contributed by atoms with van der Waals surface area (Å²) in [7, 11) is 0. The van der Waals surface area contributed by atoms with Crippen molar-refractivity contribution >= 4 is 98.1 Å². The molecule has 0 fully saturated rings. The summed E-state index contributed by atoms with van der Waals surface area (Å²) in [5, 5.41) is 58.0. The quantitative estimate of drug-likeness (QED) is 0.150. The van der Waals surface area contributed by atoms with Gasteiger partial charge in [0.05, 0.1) is 90.4 Å². The van der Waals surface area contributed by atoms with Crippen molar-refractivity contribution in [3.63, 3.8) is 0 Å². The number of hydrogen-bond donors (Lipinski definition) is 0.